The van der Waals surface area contributed by atoms with Gasteiger partial charge in [-0.2, -0.15) is 0 Å². The van der Waals surface area contributed by atoms with Gasteiger partial charge in [-0.05, 0) is 20.4 Å². The van der Waals surface area contributed by atoms with E-state index in [2.05, 4.69) is 0 Å². The third-order valence-electron chi connectivity index (χ3n) is 1.48. The molecule has 0 aliphatic heterocycles. The van der Waals surface area contributed by atoms with Gasteiger partial charge in [-0.25, -0.2) is 0 Å². The third-order valence-corrected chi connectivity index (χ3v) is 1.48. The van der Waals surface area contributed by atoms with Crippen LogP contribution >= 0.6 is 0 Å². The molecular formula is C7H15BN2O. The smallest absolute Gasteiger partial charge is 0.213 e. The molecule has 0 aliphatic rings. The van der Waals surface area contributed by atoms with Crippen LogP contribution in [0.25, 0.3) is 0 Å². The molecule has 0 atom stereocenters. The Labute approximate surface area is 69.8 Å². The van der Waals surface area contributed by atoms with Crippen LogP contribution in [0, 0.1) is 0 Å². The predicted octanol–water partition coefficient (Wildman–Crippen LogP) is -0.407. The molecule has 0 aromatic heterocycles. The average Bonchev–Trinajstić information content (AvgIpc) is 1.98. The molecule has 1 amide bonds. The van der Waals surface area contributed by atoms with Gasteiger partial charge in [0.15, 0.2) is 0 Å². The summed E-state index contributed by atoms with van der Waals surface area (Å²) >= 11 is 0. The Bertz CT molecular complexity index is 128. The van der Waals surface area contributed by atoms with E-state index < -0.39 is 0 Å². The minimum Gasteiger partial charge on any atom is -0.345 e. The van der Waals surface area contributed by atoms with E-state index in [4.69, 9.17) is 7.85 Å². The van der Waals surface area contributed by atoms with Crippen LogP contribution in [-0.2, 0) is 4.79 Å². The SMILES string of the molecule is [B]CC(=O)N(C)CCN(C)C. The van der Waals surface area contributed by atoms with E-state index in [1.165, 1.54) is 0 Å². The van der Waals surface area contributed by atoms with E-state index in [1.54, 1.807) is 11.9 Å². The number of hydrogen-bond acceptors (Lipinski definition) is 2. The van der Waals surface area contributed by atoms with Gasteiger partial charge in [-0.15, -0.1) is 0 Å². The van der Waals surface area contributed by atoms with Crippen LogP contribution in [0.2, 0.25) is 6.32 Å². The topological polar surface area (TPSA) is 23.6 Å². The Hall–Kier alpha value is -0.505. The van der Waals surface area contributed by atoms with Crippen molar-refractivity contribution in [2.45, 2.75) is 6.32 Å². The Morgan fingerprint density at radius 2 is 1.82 bits per heavy atom. The molecule has 0 saturated heterocycles. The first kappa shape index (κ1) is 10.5. The number of carbonyl (C=O) groups excluding carboxylic acids is 1. The van der Waals surface area contributed by atoms with E-state index in [0.717, 1.165) is 13.1 Å². The second-order valence-corrected chi connectivity index (χ2v) is 2.82. The molecule has 0 aromatic carbocycles. The molecule has 0 N–H and O–H groups in total. The Kier molecular flexibility index (Phi) is 4.95. The molecule has 2 radical (unpaired) electrons. The minimum atomic E-state index is -0.00755. The fourth-order valence-electron chi connectivity index (χ4n) is 0.631. The second kappa shape index (κ2) is 5.19. The number of nitrogens with zero attached hydrogens (tertiary/aromatic N) is 2. The highest BCUT2D eigenvalue weighted by Gasteiger charge is 2.04. The molecule has 0 spiro atoms. The molecule has 62 valence electrons. The molecule has 11 heavy (non-hydrogen) atoms. The zero-order valence-corrected chi connectivity index (χ0v) is 7.50. The van der Waals surface area contributed by atoms with Gasteiger partial charge in [-0.3, -0.25) is 4.79 Å². The minimum absolute atomic E-state index is 0.00755. The summed E-state index contributed by atoms with van der Waals surface area (Å²) in [6.07, 6.45) is 0.101. The lowest BCUT2D eigenvalue weighted by Gasteiger charge is -2.18. The van der Waals surface area contributed by atoms with Gasteiger partial charge >= 0.3 is 0 Å². The quantitative estimate of drug-likeness (QED) is 0.514. The number of likely N-dealkylation sites (N-methyl/N-ethyl adjacent to an activating group) is 2. The zero-order chi connectivity index (χ0) is 8.85. The molecular weight excluding hydrogens is 139 g/mol. The van der Waals surface area contributed by atoms with Crippen molar-refractivity contribution >= 4 is 13.8 Å². The van der Waals surface area contributed by atoms with Gasteiger partial charge in [0.2, 0.25) is 5.91 Å². The molecule has 0 heterocycles. The maximum atomic E-state index is 10.9. The van der Waals surface area contributed by atoms with Crippen molar-refractivity contribution in [2.75, 3.05) is 34.2 Å². The van der Waals surface area contributed by atoms with E-state index in [9.17, 15) is 4.79 Å². The summed E-state index contributed by atoms with van der Waals surface area (Å²) in [5, 5.41) is 0. The summed E-state index contributed by atoms with van der Waals surface area (Å²) < 4.78 is 0. The van der Waals surface area contributed by atoms with Gasteiger partial charge in [-0.1, -0.05) is 0 Å². The van der Waals surface area contributed by atoms with Gasteiger partial charge in [0, 0.05) is 20.1 Å². The van der Waals surface area contributed by atoms with Gasteiger partial charge in [0.1, 0.15) is 0 Å². The number of hydrogen-bond donors (Lipinski definition) is 0. The Balaban J connectivity index is 3.52. The van der Waals surface area contributed by atoms with Gasteiger partial charge < -0.3 is 9.80 Å². The highest BCUT2D eigenvalue weighted by Crippen LogP contribution is 1.88. The zero-order valence-electron chi connectivity index (χ0n) is 7.50. The molecule has 0 bridgehead atoms. The van der Waals surface area contributed by atoms with Crippen molar-refractivity contribution in [1.29, 1.82) is 0 Å². The lowest BCUT2D eigenvalue weighted by Crippen LogP contribution is -2.33. The number of rotatable bonds is 4. The first-order chi connectivity index (χ1) is 5.07. The van der Waals surface area contributed by atoms with Crippen molar-refractivity contribution in [3.05, 3.63) is 0 Å². The highest BCUT2D eigenvalue weighted by molar-refractivity contribution is 6.19. The maximum absolute atomic E-state index is 10.9. The standard InChI is InChI=1S/C7H15BN2O/c1-9(2)4-5-10(3)7(11)6-8/h4-6H2,1-3H3. The molecule has 0 aromatic rings. The molecule has 0 rings (SSSR count). The van der Waals surface area contributed by atoms with Crippen molar-refractivity contribution in [1.82, 2.24) is 9.80 Å². The van der Waals surface area contributed by atoms with Crippen LogP contribution in [0.1, 0.15) is 0 Å². The summed E-state index contributed by atoms with van der Waals surface area (Å²) in [6, 6.07) is 0. The lowest BCUT2D eigenvalue weighted by molar-refractivity contribution is -0.127. The van der Waals surface area contributed by atoms with Crippen LogP contribution in [0.3, 0.4) is 0 Å². The first-order valence-electron chi connectivity index (χ1n) is 3.66. The molecule has 4 heteroatoms. The van der Waals surface area contributed by atoms with Crippen LogP contribution < -0.4 is 0 Å². The number of carbonyl (C=O) groups is 1. The van der Waals surface area contributed by atoms with Crippen molar-refractivity contribution in [2.24, 2.45) is 0 Å². The molecule has 0 unspecified atom stereocenters. The van der Waals surface area contributed by atoms with Crippen molar-refractivity contribution in [3.63, 3.8) is 0 Å². The van der Waals surface area contributed by atoms with E-state index >= 15 is 0 Å². The maximum Gasteiger partial charge on any atom is 0.213 e. The van der Waals surface area contributed by atoms with Crippen LogP contribution in [0.4, 0.5) is 0 Å². The first-order valence-corrected chi connectivity index (χ1v) is 3.66. The fourth-order valence-corrected chi connectivity index (χ4v) is 0.631. The van der Waals surface area contributed by atoms with E-state index in [1.807, 2.05) is 19.0 Å². The van der Waals surface area contributed by atoms with Gasteiger partial charge in [0.25, 0.3) is 0 Å². The Morgan fingerprint density at radius 1 is 1.27 bits per heavy atom. The predicted molar refractivity (Wildman–Crippen MR) is 46.8 cm³/mol. The average molecular weight is 154 g/mol. The monoisotopic (exact) mass is 154 g/mol. The fraction of sp³-hybridized carbons (Fsp3) is 0.857. The summed E-state index contributed by atoms with van der Waals surface area (Å²) in [4.78, 5) is 14.6. The third kappa shape index (κ3) is 4.84. The largest absolute Gasteiger partial charge is 0.345 e. The highest BCUT2D eigenvalue weighted by atomic mass is 16.2. The summed E-state index contributed by atoms with van der Waals surface area (Å²) in [7, 11) is 10.9. The van der Waals surface area contributed by atoms with Crippen LogP contribution in [0.15, 0.2) is 0 Å². The molecule has 0 fully saturated rings. The second-order valence-electron chi connectivity index (χ2n) is 2.82. The summed E-state index contributed by atoms with van der Waals surface area (Å²) in [6.45, 7) is 1.62. The summed E-state index contributed by atoms with van der Waals surface area (Å²) in [5.74, 6) is -0.00755. The molecule has 0 aliphatic carbocycles. The van der Waals surface area contributed by atoms with Crippen LogP contribution in [0.5, 0.6) is 0 Å². The number of amides is 1. The van der Waals surface area contributed by atoms with Crippen LogP contribution in [-0.4, -0.2) is 57.8 Å². The van der Waals surface area contributed by atoms with Crippen molar-refractivity contribution in [3.8, 4) is 0 Å². The molecule has 0 saturated carbocycles. The molecule has 3 nitrogen and oxygen atoms in total. The lowest BCUT2D eigenvalue weighted by atomic mass is 10.0. The summed E-state index contributed by atoms with van der Waals surface area (Å²) in [5.41, 5.74) is 0. The normalized spacial score (nSPS) is 10.2. The van der Waals surface area contributed by atoms with Crippen molar-refractivity contribution < 1.29 is 4.79 Å². The van der Waals surface area contributed by atoms with Gasteiger partial charge in [0.05, 0.1) is 7.85 Å². The Morgan fingerprint density at radius 3 is 2.18 bits per heavy atom. The van der Waals surface area contributed by atoms with E-state index in [-0.39, 0.29) is 12.2 Å². The van der Waals surface area contributed by atoms with E-state index in [0.29, 0.717) is 0 Å².